The van der Waals surface area contributed by atoms with Crippen LogP contribution in [0.1, 0.15) is 21.0 Å². The van der Waals surface area contributed by atoms with Crippen molar-refractivity contribution in [3.8, 4) is 17.1 Å². The molecule has 4 aromatic rings. The van der Waals surface area contributed by atoms with Crippen molar-refractivity contribution in [3.63, 3.8) is 0 Å². The van der Waals surface area contributed by atoms with Crippen LogP contribution in [0.15, 0.2) is 78.9 Å². The van der Waals surface area contributed by atoms with E-state index in [1.165, 1.54) is 4.68 Å². The highest BCUT2D eigenvalue weighted by Gasteiger charge is 2.21. The summed E-state index contributed by atoms with van der Waals surface area (Å²) in [4.78, 5) is 29.2. The number of ether oxygens (including phenoxy) is 1. The number of aromatic nitrogens is 3. The SMILES string of the molecule is O=C(COC(=O)c1nc(-c2ccccc2)n(-c2ccc(Cl)cc2)n1)c1ccc(Cl)cc1. The number of benzene rings is 3. The highest BCUT2D eigenvalue weighted by Crippen LogP contribution is 2.22. The molecular formula is C23H15Cl2N3O3. The van der Waals surface area contributed by atoms with Gasteiger partial charge in [-0.2, -0.15) is 0 Å². The fourth-order valence-electron chi connectivity index (χ4n) is 2.85. The second-order valence-electron chi connectivity index (χ2n) is 6.52. The summed E-state index contributed by atoms with van der Waals surface area (Å²) in [5, 5.41) is 5.40. The van der Waals surface area contributed by atoms with E-state index in [2.05, 4.69) is 10.1 Å². The number of hydrogen-bond acceptors (Lipinski definition) is 5. The highest BCUT2D eigenvalue weighted by molar-refractivity contribution is 6.30. The lowest BCUT2D eigenvalue weighted by Crippen LogP contribution is -2.15. The second kappa shape index (κ2) is 9.12. The van der Waals surface area contributed by atoms with Gasteiger partial charge >= 0.3 is 5.97 Å². The molecule has 0 aliphatic carbocycles. The second-order valence-corrected chi connectivity index (χ2v) is 7.39. The first-order chi connectivity index (χ1) is 15.0. The van der Waals surface area contributed by atoms with Crippen LogP contribution in [0.3, 0.4) is 0 Å². The summed E-state index contributed by atoms with van der Waals surface area (Å²) >= 11 is 11.8. The van der Waals surface area contributed by atoms with Crippen LogP contribution in [-0.2, 0) is 4.74 Å². The molecule has 0 aliphatic heterocycles. The Bertz CT molecular complexity index is 1220. The zero-order chi connectivity index (χ0) is 21.8. The molecule has 0 unspecified atom stereocenters. The van der Waals surface area contributed by atoms with E-state index in [1.54, 1.807) is 48.5 Å². The lowest BCUT2D eigenvalue weighted by Gasteiger charge is -2.05. The Morgan fingerprint density at radius 2 is 1.45 bits per heavy atom. The van der Waals surface area contributed by atoms with Crippen molar-refractivity contribution in [3.05, 3.63) is 100 Å². The predicted molar refractivity (Wildman–Crippen MR) is 118 cm³/mol. The van der Waals surface area contributed by atoms with Crippen molar-refractivity contribution >= 4 is 35.0 Å². The van der Waals surface area contributed by atoms with E-state index in [4.69, 9.17) is 27.9 Å². The minimum atomic E-state index is -0.799. The topological polar surface area (TPSA) is 74.1 Å². The molecule has 0 radical (unpaired) electrons. The Labute approximate surface area is 188 Å². The summed E-state index contributed by atoms with van der Waals surface area (Å²) in [6.45, 7) is -0.434. The Morgan fingerprint density at radius 1 is 0.839 bits per heavy atom. The van der Waals surface area contributed by atoms with E-state index < -0.39 is 12.6 Å². The van der Waals surface area contributed by atoms with Gasteiger partial charge in [-0.15, -0.1) is 5.10 Å². The lowest BCUT2D eigenvalue weighted by molar-refractivity contribution is 0.0462. The standard InChI is InChI=1S/C23H15Cl2N3O3/c24-17-8-6-15(7-9-17)20(29)14-31-23(30)21-26-22(16-4-2-1-3-5-16)28(27-21)19-12-10-18(25)11-13-19/h1-13H,14H2. The molecule has 1 aromatic heterocycles. The number of halogens is 2. The molecule has 3 aromatic carbocycles. The molecule has 0 N–H and O–H groups in total. The summed E-state index contributed by atoms with van der Waals surface area (Å²) in [7, 11) is 0. The Morgan fingerprint density at radius 3 is 2.10 bits per heavy atom. The molecule has 1 heterocycles. The fraction of sp³-hybridized carbons (Fsp3) is 0.0435. The first-order valence-corrected chi connectivity index (χ1v) is 10.0. The third kappa shape index (κ3) is 4.82. The summed E-state index contributed by atoms with van der Waals surface area (Å²) < 4.78 is 6.68. The summed E-state index contributed by atoms with van der Waals surface area (Å²) in [5.41, 5.74) is 1.83. The van der Waals surface area contributed by atoms with Gasteiger partial charge in [-0.25, -0.2) is 14.5 Å². The predicted octanol–water partition coefficient (Wildman–Crippen LogP) is 5.28. The molecule has 0 fully saturated rings. The molecular weight excluding hydrogens is 437 g/mol. The molecule has 0 aliphatic rings. The van der Waals surface area contributed by atoms with Crippen LogP contribution in [0.4, 0.5) is 0 Å². The highest BCUT2D eigenvalue weighted by atomic mass is 35.5. The van der Waals surface area contributed by atoms with E-state index in [-0.39, 0.29) is 11.6 Å². The Hall–Kier alpha value is -3.48. The van der Waals surface area contributed by atoms with Crippen LogP contribution in [0.2, 0.25) is 10.0 Å². The monoisotopic (exact) mass is 451 g/mol. The lowest BCUT2D eigenvalue weighted by atomic mass is 10.1. The number of ketones is 1. The van der Waals surface area contributed by atoms with Crippen molar-refractivity contribution in [1.29, 1.82) is 0 Å². The molecule has 8 heteroatoms. The minimum Gasteiger partial charge on any atom is -0.451 e. The first-order valence-electron chi connectivity index (χ1n) is 9.25. The number of nitrogens with zero attached hydrogens (tertiary/aromatic N) is 3. The molecule has 0 bridgehead atoms. The van der Waals surface area contributed by atoms with Crippen molar-refractivity contribution in [2.24, 2.45) is 0 Å². The van der Waals surface area contributed by atoms with E-state index in [0.29, 0.717) is 27.1 Å². The number of esters is 1. The molecule has 0 amide bonds. The van der Waals surface area contributed by atoms with E-state index >= 15 is 0 Å². The van der Waals surface area contributed by atoms with E-state index in [9.17, 15) is 9.59 Å². The fourth-order valence-corrected chi connectivity index (χ4v) is 3.10. The molecule has 31 heavy (non-hydrogen) atoms. The van der Waals surface area contributed by atoms with Gasteiger partial charge in [-0.05, 0) is 48.5 Å². The smallest absolute Gasteiger partial charge is 0.378 e. The molecule has 0 saturated carbocycles. The average molecular weight is 452 g/mol. The van der Waals surface area contributed by atoms with Crippen LogP contribution in [0.5, 0.6) is 0 Å². The molecule has 154 valence electrons. The summed E-state index contributed by atoms with van der Waals surface area (Å²) in [6, 6.07) is 22.6. The number of rotatable bonds is 6. The molecule has 0 saturated heterocycles. The molecule has 0 spiro atoms. The maximum atomic E-state index is 12.6. The van der Waals surface area contributed by atoms with Crippen molar-refractivity contribution in [1.82, 2.24) is 14.8 Å². The zero-order valence-electron chi connectivity index (χ0n) is 16.0. The average Bonchev–Trinajstić information content (AvgIpc) is 3.24. The van der Waals surface area contributed by atoms with Gasteiger partial charge in [0.05, 0.1) is 5.69 Å². The Kier molecular flexibility index (Phi) is 6.11. The summed E-state index contributed by atoms with van der Waals surface area (Å²) in [6.07, 6.45) is 0. The minimum absolute atomic E-state index is 0.155. The number of hydrogen-bond donors (Lipinski definition) is 0. The zero-order valence-corrected chi connectivity index (χ0v) is 17.5. The van der Waals surface area contributed by atoms with Gasteiger partial charge < -0.3 is 4.74 Å². The number of Topliss-reactive ketones (excluding diaryl/α,β-unsaturated/α-hetero) is 1. The van der Waals surface area contributed by atoms with Gasteiger partial charge in [0.15, 0.2) is 18.2 Å². The van der Waals surface area contributed by atoms with Crippen molar-refractivity contribution in [2.45, 2.75) is 0 Å². The normalized spacial score (nSPS) is 10.6. The largest absolute Gasteiger partial charge is 0.451 e. The number of carbonyl (C=O) groups is 2. The van der Waals surface area contributed by atoms with Crippen LogP contribution >= 0.6 is 23.2 Å². The van der Waals surface area contributed by atoms with Crippen LogP contribution in [-0.4, -0.2) is 33.1 Å². The van der Waals surface area contributed by atoms with Gasteiger partial charge in [0.2, 0.25) is 0 Å². The van der Waals surface area contributed by atoms with Crippen LogP contribution in [0, 0.1) is 0 Å². The molecule has 4 rings (SSSR count). The van der Waals surface area contributed by atoms with Crippen LogP contribution < -0.4 is 0 Å². The van der Waals surface area contributed by atoms with Gasteiger partial charge in [-0.1, -0.05) is 53.5 Å². The first kappa shape index (κ1) is 20.8. The molecule has 0 atom stereocenters. The van der Waals surface area contributed by atoms with Gasteiger partial charge in [0.25, 0.3) is 5.82 Å². The Balaban J connectivity index is 1.59. The van der Waals surface area contributed by atoms with Crippen molar-refractivity contribution in [2.75, 3.05) is 6.61 Å². The third-order valence-electron chi connectivity index (χ3n) is 4.39. The van der Waals surface area contributed by atoms with E-state index in [0.717, 1.165) is 5.56 Å². The van der Waals surface area contributed by atoms with E-state index in [1.807, 2.05) is 30.3 Å². The van der Waals surface area contributed by atoms with Crippen LogP contribution in [0.25, 0.3) is 17.1 Å². The molecule has 6 nitrogen and oxygen atoms in total. The maximum absolute atomic E-state index is 12.6. The maximum Gasteiger partial charge on any atom is 0.378 e. The van der Waals surface area contributed by atoms with Crippen molar-refractivity contribution < 1.29 is 14.3 Å². The summed E-state index contributed by atoms with van der Waals surface area (Å²) in [5.74, 6) is -0.853. The third-order valence-corrected chi connectivity index (χ3v) is 4.90. The van der Waals surface area contributed by atoms with Gasteiger partial charge in [-0.3, -0.25) is 4.79 Å². The number of carbonyl (C=O) groups excluding carboxylic acids is 2. The quantitative estimate of drug-likeness (QED) is 0.294. The van der Waals surface area contributed by atoms with Gasteiger partial charge in [0.1, 0.15) is 0 Å². The van der Waals surface area contributed by atoms with Gasteiger partial charge in [0, 0.05) is 21.2 Å².